The summed E-state index contributed by atoms with van der Waals surface area (Å²) in [4.78, 5) is 14.3. The van der Waals surface area contributed by atoms with E-state index in [9.17, 15) is 4.39 Å². The zero-order valence-electron chi connectivity index (χ0n) is 16.4. The minimum absolute atomic E-state index is 0.0299. The van der Waals surface area contributed by atoms with Crippen molar-refractivity contribution in [2.75, 3.05) is 32.7 Å². The van der Waals surface area contributed by atoms with Gasteiger partial charge < -0.3 is 19.8 Å². The summed E-state index contributed by atoms with van der Waals surface area (Å²) < 4.78 is 27.7. The van der Waals surface area contributed by atoms with E-state index in [0.717, 1.165) is 33.7 Å². The summed E-state index contributed by atoms with van der Waals surface area (Å²) in [7, 11) is 1.96. The standard InChI is InChI=1S/C20H20FIN6O2/c1-3-5-27(2)6-4-7-28-16(24-17-18(23)25-20(21)26-19(17)28)9-12-8-14-15(10-13(12)22)30-11-29-14/h1,8,10H,4-7,9,11H2,2H3,(H2,23,25,26). The van der Waals surface area contributed by atoms with Gasteiger partial charge in [-0.25, -0.2) is 4.98 Å². The van der Waals surface area contributed by atoms with E-state index >= 15 is 0 Å². The molecule has 0 aliphatic carbocycles. The fourth-order valence-corrected chi connectivity index (χ4v) is 4.04. The van der Waals surface area contributed by atoms with Gasteiger partial charge in [0.1, 0.15) is 5.82 Å². The molecule has 1 aromatic carbocycles. The highest BCUT2D eigenvalue weighted by atomic mass is 127. The lowest BCUT2D eigenvalue weighted by Gasteiger charge is -2.14. The average molecular weight is 522 g/mol. The van der Waals surface area contributed by atoms with E-state index in [0.29, 0.717) is 36.4 Å². The Morgan fingerprint density at radius 2 is 2.07 bits per heavy atom. The molecule has 3 heterocycles. The number of terminal acetylenes is 1. The van der Waals surface area contributed by atoms with Crippen LogP contribution in [0.4, 0.5) is 10.2 Å². The first-order chi connectivity index (χ1) is 14.5. The number of imidazole rings is 1. The second-order valence-electron chi connectivity index (χ2n) is 7.00. The normalized spacial score (nSPS) is 12.6. The van der Waals surface area contributed by atoms with Crippen LogP contribution in [-0.2, 0) is 13.0 Å². The van der Waals surface area contributed by atoms with Crippen molar-refractivity contribution in [1.82, 2.24) is 24.4 Å². The number of nitrogen functional groups attached to an aromatic ring is 1. The first-order valence-corrected chi connectivity index (χ1v) is 10.4. The Hall–Kier alpha value is -2.65. The number of rotatable bonds is 7. The van der Waals surface area contributed by atoms with E-state index in [1.165, 1.54) is 0 Å². The number of anilines is 1. The number of halogens is 2. The molecular weight excluding hydrogens is 502 g/mol. The fourth-order valence-electron chi connectivity index (χ4n) is 3.41. The number of benzene rings is 1. The Morgan fingerprint density at radius 1 is 1.30 bits per heavy atom. The first kappa shape index (κ1) is 20.6. The third kappa shape index (κ3) is 4.13. The van der Waals surface area contributed by atoms with Crippen molar-refractivity contribution in [3.8, 4) is 23.8 Å². The van der Waals surface area contributed by atoms with E-state index in [1.54, 1.807) is 0 Å². The number of ether oxygens (including phenoxy) is 2. The summed E-state index contributed by atoms with van der Waals surface area (Å²) >= 11 is 2.26. The van der Waals surface area contributed by atoms with Gasteiger partial charge in [-0.15, -0.1) is 6.42 Å². The smallest absolute Gasteiger partial charge is 0.312 e. The topological polar surface area (TPSA) is 91.3 Å². The highest BCUT2D eigenvalue weighted by molar-refractivity contribution is 14.1. The quantitative estimate of drug-likeness (QED) is 0.290. The summed E-state index contributed by atoms with van der Waals surface area (Å²) in [6.45, 7) is 2.16. The molecule has 0 atom stereocenters. The Kier molecular flexibility index (Phi) is 5.92. The molecule has 0 spiro atoms. The minimum Gasteiger partial charge on any atom is -0.454 e. The lowest BCUT2D eigenvalue weighted by atomic mass is 10.1. The van der Waals surface area contributed by atoms with E-state index in [4.69, 9.17) is 21.6 Å². The maximum absolute atomic E-state index is 13.9. The molecule has 1 aliphatic heterocycles. The number of nitrogens with two attached hydrogens (primary N) is 1. The maximum Gasteiger partial charge on any atom is 0.312 e. The number of hydrogen-bond donors (Lipinski definition) is 1. The Bertz CT molecular complexity index is 1140. The molecule has 0 unspecified atom stereocenters. The van der Waals surface area contributed by atoms with Gasteiger partial charge in [0.05, 0.1) is 6.54 Å². The van der Waals surface area contributed by atoms with Crippen molar-refractivity contribution >= 4 is 39.6 Å². The number of aryl methyl sites for hydroxylation is 1. The van der Waals surface area contributed by atoms with E-state index in [2.05, 4.69) is 43.5 Å². The van der Waals surface area contributed by atoms with Crippen LogP contribution in [0, 0.1) is 22.0 Å². The van der Waals surface area contributed by atoms with Crippen LogP contribution in [0.5, 0.6) is 11.5 Å². The first-order valence-electron chi connectivity index (χ1n) is 9.34. The molecule has 1 aliphatic rings. The lowest BCUT2D eigenvalue weighted by molar-refractivity contribution is 0.174. The summed E-state index contributed by atoms with van der Waals surface area (Å²) in [5.74, 6) is 4.81. The molecular formula is C20H20FIN6O2. The second kappa shape index (κ2) is 8.61. The van der Waals surface area contributed by atoms with Crippen LogP contribution >= 0.6 is 22.6 Å². The molecule has 0 saturated carbocycles. The van der Waals surface area contributed by atoms with E-state index in [-0.39, 0.29) is 12.6 Å². The van der Waals surface area contributed by atoms with Crippen molar-refractivity contribution in [1.29, 1.82) is 0 Å². The van der Waals surface area contributed by atoms with Crippen LogP contribution in [0.15, 0.2) is 12.1 Å². The summed E-state index contributed by atoms with van der Waals surface area (Å²) in [5, 5.41) is 0. The highest BCUT2D eigenvalue weighted by Crippen LogP contribution is 2.36. The summed E-state index contributed by atoms with van der Waals surface area (Å²) in [5.41, 5.74) is 7.73. The van der Waals surface area contributed by atoms with Crippen LogP contribution < -0.4 is 15.2 Å². The zero-order chi connectivity index (χ0) is 21.3. The summed E-state index contributed by atoms with van der Waals surface area (Å²) in [6.07, 6.45) is 5.80. The van der Waals surface area contributed by atoms with Crippen LogP contribution in [0.1, 0.15) is 17.8 Å². The zero-order valence-corrected chi connectivity index (χ0v) is 18.5. The molecule has 3 aromatic rings. The molecule has 0 amide bonds. The molecule has 0 fully saturated rings. The van der Waals surface area contributed by atoms with Gasteiger partial charge >= 0.3 is 6.08 Å². The van der Waals surface area contributed by atoms with Gasteiger partial charge in [-0.2, -0.15) is 14.4 Å². The van der Waals surface area contributed by atoms with Gasteiger partial charge in [-0.3, -0.25) is 4.90 Å². The average Bonchev–Trinajstić information content (AvgIpc) is 3.27. The Morgan fingerprint density at radius 3 is 2.83 bits per heavy atom. The maximum atomic E-state index is 13.9. The fraction of sp³-hybridized carbons (Fsp3) is 0.350. The van der Waals surface area contributed by atoms with E-state index in [1.807, 2.05) is 28.6 Å². The molecule has 30 heavy (non-hydrogen) atoms. The second-order valence-corrected chi connectivity index (χ2v) is 8.16. The van der Waals surface area contributed by atoms with Gasteiger partial charge in [0.2, 0.25) is 6.79 Å². The molecule has 156 valence electrons. The largest absolute Gasteiger partial charge is 0.454 e. The molecule has 4 rings (SSSR count). The van der Waals surface area contributed by atoms with Crippen LogP contribution in [0.25, 0.3) is 11.2 Å². The minimum atomic E-state index is -0.866. The van der Waals surface area contributed by atoms with Crippen LogP contribution in [0.3, 0.4) is 0 Å². The predicted molar refractivity (Wildman–Crippen MR) is 119 cm³/mol. The number of fused-ring (bicyclic) bond motifs is 2. The molecule has 0 bridgehead atoms. The summed E-state index contributed by atoms with van der Waals surface area (Å²) in [6, 6.07) is 3.89. The molecule has 0 saturated heterocycles. The van der Waals surface area contributed by atoms with Crippen molar-refractivity contribution in [2.24, 2.45) is 0 Å². The van der Waals surface area contributed by atoms with Crippen molar-refractivity contribution in [3.05, 3.63) is 33.2 Å². The Labute approximate surface area is 186 Å². The third-order valence-corrected chi connectivity index (χ3v) is 5.85. The van der Waals surface area contributed by atoms with Crippen LogP contribution in [0.2, 0.25) is 0 Å². The third-order valence-electron chi connectivity index (χ3n) is 4.85. The molecule has 8 nitrogen and oxygen atoms in total. The predicted octanol–water partition coefficient (Wildman–Crippen LogP) is 2.43. The van der Waals surface area contributed by atoms with Gasteiger partial charge in [-0.05, 0) is 53.8 Å². The Balaban J connectivity index is 1.68. The number of hydrogen-bond acceptors (Lipinski definition) is 7. The van der Waals surface area contributed by atoms with Crippen molar-refractivity contribution in [3.63, 3.8) is 0 Å². The molecule has 2 N–H and O–H groups in total. The molecule has 0 radical (unpaired) electrons. The van der Waals surface area contributed by atoms with Gasteiger partial charge in [0.25, 0.3) is 0 Å². The number of nitrogens with zero attached hydrogens (tertiary/aromatic N) is 5. The number of aromatic nitrogens is 4. The van der Waals surface area contributed by atoms with Crippen molar-refractivity contribution in [2.45, 2.75) is 19.4 Å². The molecule has 2 aromatic heterocycles. The van der Waals surface area contributed by atoms with Gasteiger partial charge in [-0.1, -0.05) is 5.92 Å². The SMILES string of the molecule is C#CCN(C)CCCn1c(Cc2cc3c(cc2I)OCO3)nc2c(N)nc(F)nc21. The van der Waals surface area contributed by atoms with Gasteiger partial charge in [0, 0.05) is 23.1 Å². The van der Waals surface area contributed by atoms with E-state index < -0.39 is 6.08 Å². The van der Waals surface area contributed by atoms with Gasteiger partial charge in [0.15, 0.2) is 28.5 Å². The monoisotopic (exact) mass is 522 g/mol. The van der Waals surface area contributed by atoms with Crippen molar-refractivity contribution < 1.29 is 13.9 Å². The highest BCUT2D eigenvalue weighted by Gasteiger charge is 2.21. The molecule has 10 heteroatoms. The van der Waals surface area contributed by atoms with Crippen LogP contribution in [-0.4, -0.2) is 51.3 Å². The lowest BCUT2D eigenvalue weighted by Crippen LogP contribution is -2.21.